The predicted octanol–water partition coefficient (Wildman–Crippen LogP) is 2.76. The molecular weight excluding hydrogens is 410 g/mol. The highest BCUT2D eigenvalue weighted by Crippen LogP contribution is 2.40. The van der Waals surface area contributed by atoms with Crippen LogP contribution in [0.3, 0.4) is 0 Å². The van der Waals surface area contributed by atoms with E-state index in [1.54, 1.807) is 49.4 Å². The summed E-state index contributed by atoms with van der Waals surface area (Å²) < 4.78 is 44.8. The number of anilines is 1. The van der Waals surface area contributed by atoms with Gasteiger partial charge in [-0.15, -0.1) is 0 Å². The zero-order valence-corrected chi connectivity index (χ0v) is 17.2. The van der Waals surface area contributed by atoms with Crippen molar-refractivity contribution in [2.75, 3.05) is 25.0 Å². The lowest BCUT2D eigenvalue weighted by atomic mass is 10.3. The second kappa shape index (κ2) is 9.42. The van der Waals surface area contributed by atoms with Crippen molar-refractivity contribution in [3.05, 3.63) is 60.4 Å². The van der Waals surface area contributed by atoms with Gasteiger partial charge >= 0.3 is 0 Å². The van der Waals surface area contributed by atoms with Gasteiger partial charge in [-0.25, -0.2) is 13.4 Å². The Morgan fingerprint density at radius 2 is 1.67 bits per heavy atom. The molecule has 0 fully saturated rings. The topological polar surface area (TPSA) is 120 Å². The Balaban J connectivity index is 2.08. The Morgan fingerprint density at radius 1 is 1.00 bits per heavy atom. The Hall–Kier alpha value is -3.37. The molecule has 158 valence electrons. The number of aryl methyl sites for hydroxylation is 1. The zero-order valence-electron chi connectivity index (χ0n) is 16.4. The summed E-state index contributed by atoms with van der Waals surface area (Å²) in [5, 5.41) is 9.12. The number of nitrogens with one attached hydrogen (secondary N) is 1. The SMILES string of the molecule is COc1ccccc1Oc1c(NS(=O)(=O)c2ccccc2)nc(C)nc1OCCO. The number of aromatic nitrogens is 2. The van der Waals surface area contributed by atoms with E-state index in [0.717, 1.165) is 0 Å². The fraction of sp³-hybridized carbons (Fsp3) is 0.200. The average molecular weight is 431 g/mol. The number of hydrogen-bond acceptors (Lipinski definition) is 8. The molecule has 0 aliphatic heterocycles. The molecule has 0 spiro atoms. The van der Waals surface area contributed by atoms with Gasteiger partial charge in [0.15, 0.2) is 17.3 Å². The molecule has 9 nitrogen and oxygen atoms in total. The Labute approximate surface area is 174 Å². The Kier molecular flexibility index (Phi) is 6.70. The molecule has 10 heteroatoms. The highest BCUT2D eigenvalue weighted by molar-refractivity contribution is 7.92. The summed E-state index contributed by atoms with van der Waals surface area (Å²) in [5.74, 6) is 0.794. The molecule has 2 N–H and O–H groups in total. The molecule has 0 radical (unpaired) electrons. The van der Waals surface area contributed by atoms with Crippen molar-refractivity contribution in [3.8, 4) is 23.1 Å². The minimum absolute atomic E-state index is 0.0202. The van der Waals surface area contributed by atoms with Gasteiger partial charge in [0.25, 0.3) is 15.9 Å². The number of rotatable bonds is 9. The summed E-state index contributed by atoms with van der Waals surface area (Å²) in [6.45, 7) is 1.25. The molecule has 3 rings (SSSR count). The van der Waals surface area contributed by atoms with Crippen LogP contribution in [0.5, 0.6) is 23.1 Å². The molecule has 1 heterocycles. The van der Waals surface area contributed by atoms with Crippen LogP contribution in [0, 0.1) is 6.92 Å². The normalized spacial score (nSPS) is 11.0. The maximum Gasteiger partial charge on any atom is 0.263 e. The Bertz CT molecular complexity index is 1110. The van der Waals surface area contributed by atoms with Crippen molar-refractivity contribution in [1.82, 2.24) is 9.97 Å². The fourth-order valence-corrected chi connectivity index (χ4v) is 3.56. The highest BCUT2D eigenvalue weighted by atomic mass is 32.2. The number of hydrogen-bond donors (Lipinski definition) is 2. The third kappa shape index (κ3) is 4.97. The van der Waals surface area contributed by atoms with E-state index in [4.69, 9.17) is 19.3 Å². The molecular formula is C20H21N3O6S. The van der Waals surface area contributed by atoms with E-state index in [0.29, 0.717) is 11.5 Å². The number of ether oxygens (including phenoxy) is 3. The second-order valence-corrected chi connectivity index (χ2v) is 7.68. The Morgan fingerprint density at radius 3 is 2.33 bits per heavy atom. The van der Waals surface area contributed by atoms with Gasteiger partial charge in [0.2, 0.25) is 5.75 Å². The first-order valence-electron chi connectivity index (χ1n) is 8.95. The van der Waals surface area contributed by atoms with Crippen LogP contribution >= 0.6 is 0 Å². The van der Waals surface area contributed by atoms with Crippen LogP contribution in [0.1, 0.15) is 5.82 Å². The van der Waals surface area contributed by atoms with Gasteiger partial charge < -0.3 is 19.3 Å². The van der Waals surface area contributed by atoms with Crippen molar-refractivity contribution >= 4 is 15.8 Å². The average Bonchev–Trinajstić information content (AvgIpc) is 2.75. The largest absolute Gasteiger partial charge is 0.493 e. The van der Waals surface area contributed by atoms with Gasteiger partial charge in [0.05, 0.1) is 18.6 Å². The first-order chi connectivity index (χ1) is 14.4. The van der Waals surface area contributed by atoms with Gasteiger partial charge in [-0.3, -0.25) is 4.72 Å². The highest BCUT2D eigenvalue weighted by Gasteiger charge is 2.24. The summed E-state index contributed by atoms with van der Waals surface area (Å²) in [5.41, 5.74) is 0. The van der Waals surface area contributed by atoms with Crippen molar-refractivity contribution in [1.29, 1.82) is 0 Å². The molecule has 0 aliphatic carbocycles. The molecule has 2 aromatic carbocycles. The van der Waals surface area contributed by atoms with E-state index in [1.807, 2.05) is 0 Å². The van der Waals surface area contributed by atoms with Crippen LogP contribution in [-0.2, 0) is 10.0 Å². The van der Waals surface area contributed by atoms with Gasteiger partial charge in [-0.2, -0.15) is 4.98 Å². The van der Waals surface area contributed by atoms with E-state index in [1.165, 1.54) is 19.2 Å². The number of benzene rings is 2. The van der Waals surface area contributed by atoms with E-state index < -0.39 is 10.0 Å². The summed E-state index contributed by atoms with van der Waals surface area (Å²) in [4.78, 5) is 8.43. The molecule has 0 amide bonds. The minimum atomic E-state index is -3.95. The van der Waals surface area contributed by atoms with E-state index >= 15 is 0 Å². The first-order valence-corrected chi connectivity index (χ1v) is 10.4. The molecule has 3 aromatic rings. The second-order valence-electron chi connectivity index (χ2n) is 6.00. The summed E-state index contributed by atoms with van der Waals surface area (Å²) in [7, 11) is -2.47. The lowest BCUT2D eigenvalue weighted by Crippen LogP contribution is -2.16. The van der Waals surface area contributed by atoms with Crippen LogP contribution in [0.15, 0.2) is 59.5 Å². The van der Waals surface area contributed by atoms with Crippen LogP contribution in [0.25, 0.3) is 0 Å². The molecule has 30 heavy (non-hydrogen) atoms. The number of aliphatic hydroxyl groups excluding tert-OH is 1. The minimum Gasteiger partial charge on any atom is -0.493 e. The van der Waals surface area contributed by atoms with Crippen LogP contribution < -0.4 is 18.9 Å². The van der Waals surface area contributed by atoms with Crippen molar-refractivity contribution in [2.45, 2.75) is 11.8 Å². The summed E-state index contributed by atoms with van der Waals surface area (Å²) >= 11 is 0. The van der Waals surface area contributed by atoms with E-state index in [9.17, 15) is 8.42 Å². The molecule has 0 atom stereocenters. The molecule has 0 unspecified atom stereocenters. The maximum absolute atomic E-state index is 12.8. The van der Waals surface area contributed by atoms with E-state index in [-0.39, 0.29) is 41.4 Å². The van der Waals surface area contributed by atoms with Gasteiger partial charge in [0, 0.05) is 0 Å². The van der Waals surface area contributed by atoms with Crippen molar-refractivity contribution in [3.63, 3.8) is 0 Å². The molecule has 0 saturated heterocycles. The van der Waals surface area contributed by atoms with Crippen LogP contribution in [-0.4, -0.2) is 43.8 Å². The summed E-state index contributed by atoms with van der Waals surface area (Å²) in [6, 6.07) is 14.7. The van der Waals surface area contributed by atoms with Crippen molar-refractivity contribution in [2.24, 2.45) is 0 Å². The number of aliphatic hydroxyl groups is 1. The smallest absolute Gasteiger partial charge is 0.263 e. The predicted molar refractivity (Wildman–Crippen MR) is 110 cm³/mol. The van der Waals surface area contributed by atoms with E-state index in [2.05, 4.69) is 14.7 Å². The monoisotopic (exact) mass is 431 g/mol. The standard InChI is InChI=1S/C20H21N3O6S/c1-14-21-19(23-30(25,26)15-8-4-3-5-9-15)18(20(22-14)28-13-12-24)29-17-11-7-6-10-16(17)27-2/h3-11,24H,12-13H2,1-2H3,(H,21,22,23). The third-order valence-electron chi connectivity index (χ3n) is 3.84. The van der Waals surface area contributed by atoms with Crippen molar-refractivity contribution < 1.29 is 27.7 Å². The van der Waals surface area contributed by atoms with Crippen LogP contribution in [0.4, 0.5) is 5.82 Å². The number of methoxy groups -OCH3 is 1. The zero-order chi connectivity index (χ0) is 21.6. The number of sulfonamides is 1. The summed E-state index contributed by atoms with van der Waals surface area (Å²) in [6.07, 6.45) is 0. The molecule has 0 bridgehead atoms. The van der Waals surface area contributed by atoms with Crippen LogP contribution in [0.2, 0.25) is 0 Å². The van der Waals surface area contributed by atoms with Gasteiger partial charge in [-0.1, -0.05) is 30.3 Å². The first kappa shape index (κ1) is 21.3. The molecule has 0 aliphatic rings. The lowest BCUT2D eigenvalue weighted by Gasteiger charge is -2.17. The lowest BCUT2D eigenvalue weighted by molar-refractivity contribution is 0.192. The number of nitrogens with zero attached hydrogens (tertiary/aromatic N) is 2. The molecule has 1 aromatic heterocycles. The van der Waals surface area contributed by atoms with Gasteiger partial charge in [-0.05, 0) is 31.2 Å². The van der Waals surface area contributed by atoms with Gasteiger partial charge in [0.1, 0.15) is 12.4 Å². The maximum atomic E-state index is 12.8. The fourth-order valence-electron chi connectivity index (χ4n) is 2.54. The quantitative estimate of drug-likeness (QED) is 0.531. The number of para-hydroxylation sites is 2. The molecule has 0 saturated carbocycles. The third-order valence-corrected chi connectivity index (χ3v) is 5.20.